The molecule has 5 nitrogen and oxygen atoms in total. The highest BCUT2D eigenvalue weighted by Crippen LogP contribution is 2.19. The van der Waals surface area contributed by atoms with Gasteiger partial charge in [0.15, 0.2) is 0 Å². The van der Waals surface area contributed by atoms with Gasteiger partial charge in [-0.3, -0.25) is 9.59 Å². The average Bonchev–Trinajstić information content (AvgIpc) is 2.47. The maximum absolute atomic E-state index is 11.8. The summed E-state index contributed by atoms with van der Waals surface area (Å²) >= 11 is 5.80. The van der Waals surface area contributed by atoms with Crippen molar-refractivity contribution < 1.29 is 14.7 Å². The van der Waals surface area contributed by atoms with Gasteiger partial charge in [0, 0.05) is 24.4 Å². The zero-order valence-corrected chi connectivity index (χ0v) is 13.7. The topological polar surface area (TPSA) is 78.4 Å². The molecule has 0 spiro atoms. The van der Waals surface area contributed by atoms with Crippen LogP contribution < -0.4 is 10.6 Å². The van der Waals surface area contributed by atoms with Crippen LogP contribution in [0.1, 0.15) is 44.8 Å². The minimum Gasteiger partial charge on any atom is -0.386 e. The normalized spacial score (nSPS) is 13.3. The molecule has 2 atom stereocenters. The number of aliphatic hydroxyl groups excluding tert-OH is 1. The first-order chi connectivity index (χ1) is 10.4. The van der Waals surface area contributed by atoms with E-state index in [4.69, 9.17) is 11.6 Å². The molecule has 3 N–H and O–H groups in total. The van der Waals surface area contributed by atoms with Crippen molar-refractivity contribution in [3.05, 3.63) is 34.9 Å². The van der Waals surface area contributed by atoms with Crippen LogP contribution in [0.3, 0.4) is 0 Å². The van der Waals surface area contributed by atoms with Crippen molar-refractivity contribution in [1.82, 2.24) is 10.6 Å². The average molecular weight is 327 g/mol. The van der Waals surface area contributed by atoms with Gasteiger partial charge < -0.3 is 15.7 Å². The Morgan fingerprint density at radius 2 is 1.77 bits per heavy atom. The lowest BCUT2D eigenvalue weighted by molar-refractivity contribution is -0.123. The summed E-state index contributed by atoms with van der Waals surface area (Å²) in [6, 6.07) is 6.43. The van der Waals surface area contributed by atoms with E-state index in [1.165, 1.54) is 0 Å². The zero-order valence-electron chi connectivity index (χ0n) is 12.9. The number of carbonyl (C=O) groups excluding carboxylic acids is 2. The minimum atomic E-state index is -0.801. The van der Waals surface area contributed by atoms with Crippen molar-refractivity contribution in [2.75, 3.05) is 6.54 Å². The number of nitrogens with one attached hydrogen (secondary N) is 2. The van der Waals surface area contributed by atoms with Crippen LogP contribution in [0.15, 0.2) is 24.3 Å². The summed E-state index contributed by atoms with van der Waals surface area (Å²) in [5.74, 6) is -0.227. The van der Waals surface area contributed by atoms with Crippen molar-refractivity contribution in [2.24, 2.45) is 0 Å². The Hall–Kier alpha value is -1.59. The van der Waals surface area contributed by atoms with Crippen molar-refractivity contribution in [1.29, 1.82) is 0 Å². The molecule has 0 aliphatic heterocycles. The highest BCUT2D eigenvalue weighted by Gasteiger charge is 2.18. The molecule has 6 heteroatoms. The van der Waals surface area contributed by atoms with Crippen LogP contribution in [0.4, 0.5) is 0 Å². The van der Waals surface area contributed by atoms with Gasteiger partial charge in [-0.05, 0) is 38.0 Å². The zero-order chi connectivity index (χ0) is 16.5. The molecule has 2 unspecified atom stereocenters. The molecule has 1 aromatic carbocycles. The predicted octanol–water partition coefficient (Wildman–Crippen LogP) is 2.18. The number of halogens is 1. The summed E-state index contributed by atoms with van der Waals surface area (Å²) in [6.45, 7) is 4.18. The number of hydrogen-bond donors (Lipinski definition) is 3. The fraction of sp³-hybridized carbons (Fsp3) is 0.500. The van der Waals surface area contributed by atoms with Gasteiger partial charge >= 0.3 is 0 Å². The minimum absolute atomic E-state index is 0.0513. The molecule has 0 saturated carbocycles. The van der Waals surface area contributed by atoms with Crippen molar-refractivity contribution in [3.63, 3.8) is 0 Å². The summed E-state index contributed by atoms with van der Waals surface area (Å²) in [5.41, 5.74) is 0.694. The molecule has 0 aliphatic rings. The van der Waals surface area contributed by atoms with E-state index in [1.54, 1.807) is 31.2 Å². The fourth-order valence-corrected chi connectivity index (χ4v) is 2.17. The van der Waals surface area contributed by atoms with Crippen LogP contribution in [0, 0.1) is 0 Å². The van der Waals surface area contributed by atoms with Crippen LogP contribution >= 0.6 is 11.6 Å². The second kappa shape index (κ2) is 9.43. The van der Waals surface area contributed by atoms with Crippen LogP contribution in [0.25, 0.3) is 0 Å². The van der Waals surface area contributed by atoms with E-state index in [-0.39, 0.29) is 18.2 Å². The lowest BCUT2D eigenvalue weighted by Gasteiger charge is -2.20. The molecule has 0 bridgehead atoms. The SMILES string of the molecule is CCNC(=O)CCCC(=O)NC(C)C(O)c1ccc(Cl)cc1. The Morgan fingerprint density at radius 1 is 1.18 bits per heavy atom. The Balaban J connectivity index is 2.37. The molecule has 0 heterocycles. The molecule has 1 aromatic rings. The number of rotatable bonds is 8. The molecule has 1 rings (SSSR count). The second-order valence-electron chi connectivity index (χ2n) is 5.16. The van der Waals surface area contributed by atoms with Gasteiger partial charge in [-0.2, -0.15) is 0 Å². The molecule has 22 heavy (non-hydrogen) atoms. The fourth-order valence-electron chi connectivity index (χ4n) is 2.05. The van der Waals surface area contributed by atoms with E-state index in [9.17, 15) is 14.7 Å². The summed E-state index contributed by atoms with van der Waals surface area (Å²) in [5, 5.41) is 16.2. The van der Waals surface area contributed by atoms with Crippen LogP contribution in [-0.2, 0) is 9.59 Å². The van der Waals surface area contributed by atoms with E-state index in [0.29, 0.717) is 30.0 Å². The molecule has 2 amide bonds. The third kappa shape index (κ3) is 6.45. The number of hydrogen-bond acceptors (Lipinski definition) is 3. The highest BCUT2D eigenvalue weighted by atomic mass is 35.5. The Bertz CT molecular complexity index is 491. The molecular formula is C16H23ClN2O3. The lowest BCUT2D eigenvalue weighted by atomic mass is 10.0. The van der Waals surface area contributed by atoms with Gasteiger partial charge in [-0.25, -0.2) is 0 Å². The first-order valence-electron chi connectivity index (χ1n) is 7.43. The second-order valence-corrected chi connectivity index (χ2v) is 5.60. The number of amides is 2. The van der Waals surface area contributed by atoms with Gasteiger partial charge in [-0.15, -0.1) is 0 Å². The molecule has 0 saturated heterocycles. The molecule has 0 radical (unpaired) electrons. The number of aliphatic hydroxyl groups is 1. The Morgan fingerprint density at radius 3 is 2.36 bits per heavy atom. The number of carbonyl (C=O) groups is 2. The third-order valence-electron chi connectivity index (χ3n) is 3.26. The Labute approximate surface area is 136 Å². The Kier molecular flexibility index (Phi) is 7.91. The van der Waals surface area contributed by atoms with Crippen molar-refractivity contribution >= 4 is 23.4 Å². The van der Waals surface area contributed by atoms with Gasteiger partial charge in [0.05, 0.1) is 12.1 Å². The van der Waals surface area contributed by atoms with Gasteiger partial charge in [-0.1, -0.05) is 23.7 Å². The molecule has 0 aliphatic carbocycles. The molecule has 0 aromatic heterocycles. The monoisotopic (exact) mass is 326 g/mol. The third-order valence-corrected chi connectivity index (χ3v) is 3.51. The molecule has 0 fully saturated rings. The largest absolute Gasteiger partial charge is 0.386 e. The predicted molar refractivity (Wildman–Crippen MR) is 86.6 cm³/mol. The molecular weight excluding hydrogens is 304 g/mol. The van der Waals surface area contributed by atoms with Gasteiger partial charge in [0.2, 0.25) is 11.8 Å². The first kappa shape index (κ1) is 18.5. The standard InChI is InChI=1S/C16H23ClN2O3/c1-3-18-14(20)5-4-6-15(21)19-11(2)16(22)12-7-9-13(17)10-8-12/h7-11,16,22H,3-6H2,1-2H3,(H,18,20)(H,19,21). The van der Waals surface area contributed by atoms with E-state index in [0.717, 1.165) is 0 Å². The summed E-state index contributed by atoms with van der Waals surface area (Å²) in [4.78, 5) is 23.1. The van der Waals surface area contributed by atoms with Crippen molar-refractivity contribution in [2.45, 2.75) is 45.3 Å². The van der Waals surface area contributed by atoms with Crippen LogP contribution in [-0.4, -0.2) is 29.5 Å². The highest BCUT2D eigenvalue weighted by molar-refractivity contribution is 6.30. The van der Waals surface area contributed by atoms with Crippen LogP contribution in [0.5, 0.6) is 0 Å². The quantitative estimate of drug-likeness (QED) is 0.685. The lowest BCUT2D eigenvalue weighted by Crippen LogP contribution is -2.37. The maximum Gasteiger partial charge on any atom is 0.220 e. The van der Waals surface area contributed by atoms with Gasteiger partial charge in [0.25, 0.3) is 0 Å². The van der Waals surface area contributed by atoms with E-state index < -0.39 is 12.1 Å². The van der Waals surface area contributed by atoms with E-state index in [2.05, 4.69) is 10.6 Å². The van der Waals surface area contributed by atoms with E-state index in [1.807, 2.05) is 6.92 Å². The van der Waals surface area contributed by atoms with Gasteiger partial charge in [0.1, 0.15) is 0 Å². The summed E-state index contributed by atoms with van der Waals surface area (Å²) in [7, 11) is 0. The molecule has 122 valence electrons. The number of benzene rings is 1. The summed E-state index contributed by atoms with van der Waals surface area (Å²) < 4.78 is 0. The maximum atomic E-state index is 11.8. The van der Waals surface area contributed by atoms with Crippen LogP contribution in [0.2, 0.25) is 5.02 Å². The smallest absolute Gasteiger partial charge is 0.220 e. The first-order valence-corrected chi connectivity index (χ1v) is 7.81. The summed E-state index contributed by atoms with van der Waals surface area (Å²) in [6.07, 6.45) is 0.274. The van der Waals surface area contributed by atoms with E-state index >= 15 is 0 Å². The van der Waals surface area contributed by atoms with Crippen molar-refractivity contribution in [3.8, 4) is 0 Å².